The van der Waals surface area contributed by atoms with Crippen LogP contribution in [0, 0.1) is 0 Å². The van der Waals surface area contributed by atoms with E-state index in [-0.39, 0.29) is 0 Å². The first kappa shape index (κ1) is 12.7. The van der Waals surface area contributed by atoms with Gasteiger partial charge in [0.05, 0.1) is 0 Å². The lowest BCUT2D eigenvalue weighted by molar-refractivity contribution is 1.16. The number of hydrogen-bond donors (Lipinski definition) is 1. The highest BCUT2D eigenvalue weighted by atomic mass is 14.6. The number of fused-ring (bicyclic) bond motifs is 2. The Balaban J connectivity index is 2.25. The van der Waals surface area contributed by atoms with Gasteiger partial charge >= 0.3 is 0 Å². The highest BCUT2D eigenvalue weighted by Gasteiger charge is 2.15. The quantitative estimate of drug-likeness (QED) is 0.233. The maximum Gasteiger partial charge on any atom is 0.0400 e. The normalized spacial score (nSPS) is 12.0. The topological polar surface area (TPSA) is 26.0 Å². The predicted octanol–water partition coefficient (Wildman–Crippen LogP) is 5.88. The van der Waals surface area contributed by atoms with E-state index in [9.17, 15) is 0 Å². The summed E-state index contributed by atoms with van der Waals surface area (Å²) in [6.07, 6.45) is 1.04. The molecule has 1 heteroatoms. The summed E-state index contributed by atoms with van der Waals surface area (Å²) in [6.45, 7) is 2.22. The molecular weight excluding hydrogens is 278 g/mol. The van der Waals surface area contributed by atoms with Gasteiger partial charge in [-0.1, -0.05) is 61.5 Å². The van der Waals surface area contributed by atoms with Crippen molar-refractivity contribution in [1.29, 1.82) is 0 Å². The molecule has 0 aliphatic carbocycles. The number of rotatable bonds is 1. The molecule has 0 bridgehead atoms. The van der Waals surface area contributed by atoms with Crippen molar-refractivity contribution in [2.75, 3.05) is 5.73 Å². The van der Waals surface area contributed by atoms with Crippen LogP contribution in [0.15, 0.2) is 60.7 Å². The molecule has 23 heavy (non-hydrogen) atoms. The van der Waals surface area contributed by atoms with Gasteiger partial charge in [0, 0.05) is 11.1 Å². The SMILES string of the molecule is CCc1ccc2c3c(N)ccc4cccc(c5cccc1c52)c43. The molecule has 0 spiro atoms. The van der Waals surface area contributed by atoms with Crippen LogP contribution in [-0.4, -0.2) is 0 Å². The van der Waals surface area contributed by atoms with Crippen molar-refractivity contribution in [2.45, 2.75) is 13.3 Å². The summed E-state index contributed by atoms with van der Waals surface area (Å²) in [4.78, 5) is 0. The second-order valence-corrected chi connectivity index (χ2v) is 6.29. The molecule has 5 aromatic carbocycles. The molecule has 0 fully saturated rings. The lowest BCUT2D eigenvalue weighted by atomic mass is 9.87. The molecule has 110 valence electrons. The molecule has 2 N–H and O–H groups in total. The predicted molar refractivity (Wildman–Crippen MR) is 101 cm³/mol. The first-order valence-electron chi connectivity index (χ1n) is 8.16. The molecule has 0 aliphatic heterocycles. The zero-order valence-electron chi connectivity index (χ0n) is 13.1. The highest BCUT2D eigenvalue weighted by Crippen LogP contribution is 2.42. The van der Waals surface area contributed by atoms with Gasteiger partial charge in [-0.05, 0) is 55.8 Å². The van der Waals surface area contributed by atoms with Gasteiger partial charge in [0.2, 0.25) is 0 Å². The molecule has 5 aromatic rings. The Morgan fingerprint density at radius 1 is 0.652 bits per heavy atom. The van der Waals surface area contributed by atoms with E-state index in [1.165, 1.54) is 48.7 Å². The van der Waals surface area contributed by atoms with Crippen LogP contribution >= 0.6 is 0 Å². The fraction of sp³-hybridized carbons (Fsp3) is 0.0909. The molecule has 5 rings (SSSR count). The minimum Gasteiger partial charge on any atom is -0.398 e. The van der Waals surface area contributed by atoms with Crippen LogP contribution in [-0.2, 0) is 6.42 Å². The molecule has 0 saturated heterocycles. The van der Waals surface area contributed by atoms with E-state index in [0.717, 1.165) is 12.1 Å². The lowest BCUT2D eigenvalue weighted by Crippen LogP contribution is -1.93. The smallest absolute Gasteiger partial charge is 0.0400 e. The average Bonchev–Trinajstić information content (AvgIpc) is 2.60. The molecule has 0 atom stereocenters. The van der Waals surface area contributed by atoms with Crippen LogP contribution < -0.4 is 5.73 Å². The van der Waals surface area contributed by atoms with Gasteiger partial charge in [-0.3, -0.25) is 0 Å². The summed E-state index contributed by atoms with van der Waals surface area (Å²) in [5.74, 6) is 0. The van der Waals surface area contributed by atoms with Gasteiger partial charge in [0.15, 0.2) is 0 Å². The summed E-state index contributed by atoms with van der Waals surface area (Å²) in [5.41, 5.74) is 8.67. The number of benzene rings is 5. The third-order valence-electron chi connectivity index (χ3n) is 5.15. The Morgan fingerprint density at radius 2 is 1.39 bits per heavy atom. The van der Waals surface area contributed by atoms with Crippen molar-refractivity contribution in [3.05, 3.63) is 66.2 Å². The van der Waals surface area contributed by atoms with E-state index >= 15 is 0 Å². The molecule has 0 unspecified atom stereocenters. The van der Waals surface area contributed by atoms with Crippen LogP contribution in [0.3, 0.4) is 0 Å². The van der Waals surface area contributed by atoms with E-state index in [4.69, 9.17) is 5.73 Å². The van der Waals surface area contributed by atoms with Crippen LogP contribution in [0.2, 0.25) is 0 Å². The number of hydrogen-bond acceptors (Lipinski definition) is 1. The van der Waals surface area contributed by atoms with Crippen molar-refractivity contribution >= 4 is 48.8 Å². The van der Waals surface area contributed by atoms with Crippen LogP contribution in [0.25, 0.3) is 43.1 Å². The molecule has 0 amide bonds. The van der Waals surface area contributed by atoms with Crippen molar-refractivity contribution in [3.63, 3.8) is 0 Å². The molecule has 0 aliphatic rings. The van der Waals surface area contributed by atoms with Crippen molar-refractivity contribution < 1.29 is 0 Å². The van der Waals surface area contributed by atoms with Gasteiger partial charge in [-0.15, -0.1) is 0 Å². The van der Waals surface area contributed by atoms with Gasteiger partial charge in [-0.25, -0.2) is 0 Å². The lowest BCUT2D eigenvalue weighted by Gasteiger charge is -2.17. The maximum atomic E-state index is 6.40. The standard InChI is InChI=1S/C22H17N/c1-2-13-9-11-18-21-15(13)6-4-8-17(21)16-7-3-5-14-10-12-19(23)22(18)20(14)16/h3-12H,2,23H2,1H3. The highest BCUT2D eigenvalue weighted by molar-refractivity contribution is 6.35. The van der Waals surface area contributed by atoms with Crippen molar-refractivity contribution in [2.24, 2.45) is 0 Å². The van der Waals surface area contributed by atoms with Crippen molar-refractivity contribution in [3.8, 4) is 0 Å². The first-order chi connectivity index (χ1) is 11.3. The van der Waals surface area contributed by atoms with Crippen LogP contribution in [0.4, 0.5) is 5.69 Å². The fourth-order valence-electron chi connectivity index (χ4n) is 4.12. The van der Waals surface area contributed by atoms with Gasteiger partial charge in [-0.2, -0.15) is 0 Å². The molecule has 1 nitrogen and oxygen atoms in total. The summed E-state index contributed by atoms with van der Waals surface area (Å²) >= 11 is 0. The maximum absolute atomic E-state index is 6.40. The molecule has 0 radical (unpaired) electrons. The minimum atomic E-state index is 0.866. The largest absolute Gasteiger partial charge is 0.398 e. The van der Waals surface area contributed by atoms with E-state index in [2.05, 4.69) is 61.5 Å². The molecule has 0 aromatic heterocycles. The van der Waals surface area contributed by atoms with Crippen molar-refractivity contribution in [1.82, 2.24) is 0 Å². The summed E-state index contributed by atoms with van der Waals surface area (Å²) in [6, 6.07) is 21.9. The number of anilines is 1. The second-order valence-electron chi connectivity index (χ2n) is 6.29. The monoisotopic (exact) mass is 295 g/mol. The van der Waals surface area contributed by atoms with Crippen LogP contribution in [0.5, 0.6) is 0 Å². The average molecular weight is 295 g/mol. The second kappa shape index (κ2) is 4.36. The Hall–Kier alpha value is -2.80. The number of nitrogens with two attached hydrogens (primary N) is 1. The zero-order chi connectivity index (χ0) is 15.6. The van der Waals surface area contributed by atoms with E-state index in [1.54, 1.807) is 0 Å². The molecule has 0 heterocycles. The first-order valence-corrected chi connectivity index (χ1v) is 8.16. The Kier molecular flexibility index (Phi) is 2.41. The third-order valence-corrected chi connectivity index (χ3v) is 5.15. The fourth-order valence-corrected chi connectivity index (χ4v) is 4.12. The Bertz CT molecular complexity index is 1200. The molecule has 0 saturated carbocycles. The minimum absolute atomic E-state index is 0.866. The van der Waals surface area contributed by atoms with E-state index < -0.39 is 0 Å². The zero-order valence-corrected chi connectivity index (χ0v) is 13.1. The number of nitrogen functional groups attached to an aromatic ring is 1. The van der Waals surface area contributed by atoms with Crippen LogP contribution in [0.1, 0.15) is 12.5 Å². The van der Waals surface area contributed by atoms with Gasteiger partial charge in [0.1, 0.15) is 0 Å². The third kappa shape index (κ3) is 1.52. The molecular formula is C22H17N. The Morgan fingerprint density at radius 3 is 2.22 bits per heavy atom. The van der Waals surface area contributed by atoms with Gasteiger partial charge < -0.3 is 5.73 Å². The van der Waals surface area contributed by atoms with E-state index in [1.807, 2.05) is 6.07 Å². The summed E-state index contributed by atoms with van der Waals surface area (Å²) < 4.78 is 0. The number of aryl methyl sites for hydroxylation is 1. The summed E-state index contributed by atoms with van der Waals surface area (Å²) in [5, 5.41) is 10.4. The van der Waals surface area contributed by atoms with E-state index in [0.29, 0.717) is 0 Å². The Labute approximate surface area is 134 Å². The van der Waals surface area contributed by atoms with Gasteiger partial charge in [0.25, 0.3) is 0 Å². The summed E-state index contributed by atoms with van der Waals surface area (Å²) in [7, 11) is 0.